The van der Waals surface area contributed by atoms with Crippen LogP contribution in [-0.4, -0.2) is 7.32 Å². The van der Waals surface area contributed by atoms with E-state index in [0.29, 0.717) is 5.69 Å². The Morgan fingerprint density at radius 2 is 1.04 bits per heavy atom. The van der Waals surface area contributed by atoms with E-state index in [1.165, 1.54) is 12.1 Å². The molecule has 4 nitrogen and oxygen atoms in total. The molecule has 0 heterocycles. The molecule has 56 heavy (non-hydrogen) atoms. The van der Waals surface area contributed by atoms with Crippen LogP contribution in [0.4, 0.5) is 61.0 Å². The normalized spacial score (nSPS) is 11.2. The fourth-order valence-corrected chi connectivity index (χ4v) is 5.02. The Morgan fingerprint density at radius 1 is 0.536 bits per heavy atom. The molecule has 0 aromatic heterocycles. The summed E-state index contributed by atoms with van der Waals surface area (Å²) >= 11 is 0. The maximum Gasteiger partial charge on any atom is 0.864 e. The number of hydrogen-bond acceptors (Lipinski definition) is 3. The van der Waals surface area contributed by atoms with Crippen LogP contribution in [-0.2, 0) is 0 Å². The first-order chi connectivity index (χ1) is 26.7. The van der Waals surface area contributed by atoms with Gasteiger partial charge in [-0.3, -0.25) is 8.78 Å². The van der Waals surface area contributed by atoms with Crippen molar-refractivity contribution in [1.82, 2.24) is 0 Å². The highest BCUT2D eigenvalue weighted by atomic mass is 19.2. The Kier molecular flexibility index (Phi) is 12.9. The van der Waals surface area contributed by atoms with Gasteiger partial charge in [0.1, 0.15) is 17.1 Å². The molecule has 1 unspecified atom stereocenters. The van der Waals surface area contributed by atoms with E-state index < -0.39 is 71.2 Å². The van der Waals surface area contributed by atoms with Crippen molar-refractivity contribution in [3.8, 4) is 17.2 Å². The second-order valence-corrected chi connectivity index (χ2v) is 11.6. The Labute approximate surface area is 314 Å². The lowest BCUT2D eigenvalue weighted by atomic mass is 10.1. The maximum atomic E-state index is 14.7. The third-order valence-electron chi connectivity index (χ3n) is 7.86. The number of nitrogens with one attached hydrogen (secondary N) is 1. The van der Waals surface area contributed by atoms with E-state index in [-0.39, 0.29) is 11.5 Å². The number of para-hydroxylation sites is 1. The lowest BCUT2D eigenvalue weighted by molar-refractivity contribution is -0.681. The van der Waals surface area contributed by atoms with Gasteiger partial charge in [-0.25, -0.2) is 31.2 Å². The van der Waals surface area contributed by atoms with Gasteiger partial charge in [-0.05, 0) is 48.4 Å². The standard InChI is InChI=1S/C35H25BF5NO3.C6F5/c1-4-23-13-18-27(19-14-23)43-36(45-35-33(40)31(38)30(37)32(39)34(35)41)44-29-20-15-24(5-2)21-28(29)42(25-9-7-6-8-10-25)26-16-11-22(3)12-17-26;7-2-1-3(8)5(10)6(11)4(2)9/h4-21H,1-2H2,3H3;/q;-1/p+1. The lowest BCUT2D eigenvalue weighted by Crippen LogP contribution is -2.96. The Morgan fingerprint density at radius 3 is 1.59 bits per heavy atom. The molecule has 6 aromatic rings. The number of benzene rings is 6. The van der Waals surface area contributed by atoms with Crippen LogP contribution in [0, 0.1) is 71.2 Å². The third kappa shape index (κ3) is 9.07. The average molecular weight is 781 g/mol. The SMILES string of the molecule is C=Cc1ccc(OB(Oc2ccc(C=C)cc2[NH+](c2ccccc2)c2ccc(C)cc2)Oc2c(F)c(F)c(F)c(F)c2F)cc1.Fc1[c-]c(F)c(F)c(F)c1F. The Hall–Kier alpha value is -6.48. The second kappa shape index (κ2) is 17.8. The van der Waals surface area contributed by atoms with Crippen molar-refractivity contribution in [3.63, 3.8) is 0 Å². The highest BCUT2D eigenvalue weighted by Crippen LogP contribution is 2.32. The first-order valence-corrected chi connectivity index (χ1v) is 16.1. The van der Waals surface area contributed by atoms with Gasteiger partial charge in [0.05, 0.1) is 29.1 Å². The zero-order valence-electron chi connectivity index (χ0n) is 28.9. The van der Waals surface area contributed by atoms with Crippen LogP contribution in [0.5, 0.6) is 17.2 Å². The van der Waals surface area contributed by atoms with E-state index in [0.717, 1.165) is 39.0 Å². The summed E-state index contributed by atoms with van der Waals surface area (Å²) in [7, 11) is -2.02. The zero-order valence-corrected chi connectivity index (χ0v) is 28.9. The minimum Gasteiger partial charge on any atom is -0.490 e. The van der Waals surface area contributed by atoms with Crippen LogP contribution >= 0.6 is 0 Å². The fraction of sp³-hybridized carbons (Fsp3) is 0.0244. The largest absolute Gasteiger partial charge is 0.864 e. The van der Waals surface area contributed by atoms with Gasteiger partial charge in [0, 0.05) is 18.2 Å². The first-order valence-electron chi connectivity index (χ1n) is 16.1. The zero-order chi connectivity index (χ0) is 40.7. The first kappa shape index (κ1) is 40.7. The number of halogens is 10. The van der Waals surface area contributed by atoms with Crippen molar-refractivity contribution in [2.75, 3.05) is 0 Å². The molecular weight excluding hydrogens is 755 g/mol. The number of rotatable bonds is 11. The monoisotopic (exact) mass is 781 g/mol. The Bertz CT molecular complexity index is 2310. The van der Waals surface area contributed by atoms with Crippen molar-refractivity contribution < 1.29 is 62.8 Å². The molecule has 0 amide bonds. The summed E-state index contributed by atoms with van der Waals surface area (Å²) in [6.45, 7) is 9.50. The van der Waals surface area contributed by atoms with Gasteiger partial charge in [0.2, 0.25) is 29.1 Å². The van der Waals surface area contributed by atoms with Crippen molar-refractivity contribution in [2.45, 2.75) is 6.92 Å². The molecule has 0 radical (unpaired) electrons. The molecule has 15 heteroatoms. The predicted molar refractivity (Wildman–Crippen MR) is 190 cm³/mol. The molecular formula is C41H26BF10NO3. The number of quaternary nitrogens is 1. The van der Waals surface area contributed by atoms with Crippen LogP contribution in [0.25, 0.3) is 12.2 Å². The maximum absolute atomic E-state index is 14.7. The van der Waals surface area contributed by atoms with Crippen molar-refractivity contribution in [1.29, 1.82) is 0 Å². The highest BCUT2D eigenvalue weighted by molar-refractivity contribution is 6.39. The summed E-state index contributed by atoms with van der Waals surface area (Å²) in [4.78, 5) is 0.722. The molecule has 0 fully saturated rings. The minimum atomic E-state index is -2.32. The van der Waals surface area contributed by atoms with Gasteiger partial charge in [-0.1, -0.05) is 79.4 Å². The molecule has 0 spiro atoms. The summed E-state index contributed by atoms with van der Waals surface area (Å²) in [6.07, 6.45) is 3.22. The summed E-state index contributed by atoms with van der Waals surface area (Å²) in [5.41, 5.74) is 4.63. The van der Waals surface area contributed by atoms with Crippen LogP contribution in [0.15, 0.2) is 110 Å². The van der Waals surface area contributed by atoms with E-state index in [2.05, 4.69) is 13.2 Å². The molecule has 0 aliphatic carbocycles. The van der Waals surface area contributed by atoms with Crippen LogP contribution in [0.2, 0.25) is 0 Å². The molecule has 0 saturated carbocycles. The molecule has 0 aliphatic rings. The van der Waals surface area contributed by atoms with E-state index in [1.807, 2.05) is 61.5 Å². The fourth-order valence-electron chi connectivity index (χ4n) is 5.02. The minimum absolute atomic E-state index is 0.115. The highest BCUT2D eigenvalue weighted by Gasteiger charge is 2.38. The molecule has 6 aromatic carbocycles. The van der Waals surface area contributed by atoms with Crippen LogP contribution in [0.1, 0.15) is 16.7 Å². The van der Waals surface area contributed by atoms with Gasteiger partial charge >= 0.3 is 7.32 Å². The van der Waals surface area contributed by atoms with E-state index in [1.54, 1.807) is 42.5 Å². The average Bonchev–Trinajstić information content (AvgIpc) is 3.21. The summed E-state index contributed by atoms with van der Waals surface area (Å²) in [5, 5.41) is 0. The van der Waals surface area contributed by atoms with Crippen LogP contribution in [0.3, 0.4) is 0 Å². The third-order valence-corrected chi connectivity index (χ3v) is 7.86. The van der Waals surface area contributed by atoms with Crippen LogP contribution < -0.4 is 18.9 Å². The lowest BCUT2D eigenvalue weighted by Gasteiger charge is -2.23. The summed E-state index contributed by atoms with van der Waals surface area (Å²) in [6, 6.07) is 29.5. The van der Waals surface area contributed by atoms with Crippen molar-refractivity contribution >= 4 is 36.5 Å². The summed E-state index contributed by atoms with van der Waals surface area (Å²) in [5.74, 6) is -22.4. The molecule has 0 bridgehead atoms. The van der Waals surface area contributed by atoms with E-state index >= 15 is 0 Å². The van der Waals surface area contributed by atoms with Gasteiger partial charge in [0.15, 0.2) is 17.2 Å². The molecule has 0 aliphatic heterocycles. The number of aryl methyl sites for hydroxylation is 1. The molecule has 6 rings (SSSR count). The smallest absolute Gasteiger partial charge is 0.490 e. The van der Waals surface area contributed by atoms with E-state index in [4.69, 9.17) is 14.0 Å². The van der Waals surface area contributed by atoms with Crippen molar-refractivity contribution in [3.05, 3.63) is 191 Å². The van der Waals surface area contributed by atoms with Crippen molar-refractivity contribution in [2.24, 2.45) is 0 Å². The molecule has 0 saturated heterocycles. The number of hydrogen-bond donors (Lipinski definition) is 1. The molecule has 1 N–H and O–H groups in total. The molecule has 1 atom stereocenters. The van der Waals surface area contributed by atoms with Gasteiger partial charge in [-0.15, -0.1) is 6.07 Å². The predicted octanol–water partition coefficient (Wildman–Crippen LogP) is 10.9. The van der Waals surface area contributed by atoms with Gasteiger partial charge in [0.25, 0.3) is 0 Å². The van der Waals surface area contributed by atoms with Gasteiger partial charge < -0.3 is 14.0 Å². The van der Waals surface area contributed by atoms with Gasteiger partial charge in [-0.2, -0.15) is 8.78 Å². The second-order valence-electron chi connectivity index (χ2n) is 11.6. The topological polar surface area (TPSA) is 32.1 Å². The quantitative estimate of drug-likeness (QED) is 0.0467. The van der Waals surface area contributed by atoms with E-state index in [9.17, 15) is 43.9 Å². The Balaban J connectivity index is 0.000000470. The molecule has 286 valence electrons. The summed E-state index contributed by atoms with van der Waals surface area (Å²) < 4.78 is 148.